The Labute approximate surface area is 141 Å². The van der Waals surface area contributed by atoms with Crippen molar-refractivity contribution in [1.29, 1.82) is 0 Å². The first kappa shape index (κ1) is 16.0. The van der Waals surface area contributed by atoms with Crippen LogP contribution in [0.5, 0.6) is 5.75 Å². The van der Waals surface area contributed by atoms with Gasteiger partial charge in [0.05, 0.1) is 0 Å². The number of nitrogens with one attached hydrogen (secondary N) is 1. The fourth-order valence-corrected chi connectivity index (χ4v) is 2.20. The van der Waals surface area contributed by atoms with E-state index < -0.39 is 18.0 Å². The molecule has 0 saturated carbocycles. The van der Waals surface area contributed by atoms with Gasteiger partial charge in [-0.05, 0) is 29.3 Å². The fraction of sp³-hybridized carbons (Fsp3) is 0.0588. The van der Waals surface area contributed by atoms with Crippen LogP contribution in [-0.2, 0) is 6.61 Å². The van der Waals surface area contributed by atoms with Crippen molar-refractivity contribution in [2.75, 3.05) is 0 Å². The molecule has 0 unspecified atom stereocenters. The molecule has 2 heterocycles. The van der Waals surface area contributed by atoms with Gasteiger partial charge >= 0.3 is 5.97 Å². The number of carbonyl (C=O) groups is 1. The monoisotopic (exact) mass is 345 g/mol. The molecule has 0 spiro atoms. The quantitative estimate of drug-likeness (QED) is 0.709. The number of aliphatic hydroxyl groups excluding tert-OH is 1. The minimum Gasteiger partial charge on any atom is -0.463 e. The van der Waals surface area contributed by atoms with Crippen LogP contribution >= 0.6 is 11.6 Å². The summed E-state index contributed by atoms with van der Waals surface area (Å²) in [6.45, 7) is -0.412. The highest BCUT2D eigenvalue weighted by molar-refractivity contribution is 6.30. The first-order valence-corrected chi connectivity index (χ1v) is 7.34. The predicted octanol–water partition coefficient (Wildman–Crippen LogP) is 3.00. The Balaban J connectivity index is 1.79. The van der Waals surface area contributed by atoms with Gasteiger partial charge in [0, 0.05) is 17.3 Å². The van der Waals surface area contributed by atoms with Gasteiger partial charge in [-0.25, -0.2) is 4.79 Å². The highest BCUT2D eigenvalue weighted by atomic mass is 35.5. The molecule has 0 bridgehead atoms. The lowest BCUT2D eigenvalue weighted by Gasteiger charge is -2.02. The van der Waals surface area contributed by atoms with Crippen molar-refractivity contribution in [3.05, 3.63) is 75.6 Å². The van der Waals surface area contributed by atoms with E-state index in [-0.39, 0.29) is 17.2 Å². The number of hydrogen-bond donors (Lipinski definition) is 2. The number of esters is 1. The molecule has 7 heteroatoms. The van der Waals surface area contributed by atoms with E-state index in [1.54, 1.807) is 24.4 Å². The summed E-state index contributed by atoms with van der Waals surface area (Å²) in [5.41, 5.74) is 1.29. The normalized spacial score (nSPS) is 10.6. The lowest BCUT2D eigenvalue weighted by atomic mass is 10.1. The second kappa shape index (κ2) is 6.74. The number of ether oxygens (including phenoxy) is 1. The zero-order valence-corrected chi connectivity index (χ0v) is 13.0. The van der Waals surface area contributed by atoms with Gasteiger partial charge in [0.1, 0.15) is 24.3 Å². The molecular formula is C17H12ClNO5. The SMILES string of the molecule is O=C(Oc1coc(CO)cc1=O)c1cc(-c2ccc(Cl)cc2)c[nH]1. The third kappa shape index (κ3) is 3.40. The molecule has 0 aliphatic carbocycles. The van der Waals surface area contributed by atoms with E-state index in [0.717, 1.165) is 23.5 Å². The fourth-order valence-electron chi connectivity index (χ4n) is 2.07. The number of benzene rings is 1. The summed E-state index contributed by atoms with van der Waals surface area (Å²) in [5, 5.41) is 9.50. The van der Waals surface area contributed by atoms with Crippen LogP contribution in [0.2, 0.25) is 5.02 Å². The Bertz CT molecular complexity index is 927. The summed E-state index contributed by atoms with van der Waals surface area (Å²) in [7, 11) is 0. The van der Waals surface area contributed by atoms with Crippen LogP contribution in [0.1, 0.15) is 16.2 Å². The van der Waals surface area contributed by atoms with E-state index in [1.807, 2.05) is 12.1 Å². The van der Waals surface area contributed by atoms with Gasteiger partial charge in [-0.2, -0.15) is 0 Å². The maximum atomic E-state index is 12.1. The van der Waals surface area contributed by atoms with Crippen molar-refractivity contribution in [1.82, 2.24) is 4.98 Å². The van der Waals surface area contributed by atoms with E-state index in [1.165, 1.54) is 0 Å². The second-order valence-electron chi connectivity index (χ2n) is 4.93. The summed E-state index contributed by atoms with van der Waals surface area (Å²) in [5.74, 6) is -0.885. The summed E-state index contributed by atoms with van der Waals surface area (Å²) in [4.78, 5) is 26.7. The van der Waals surface area contributed by atoms with E-state index in [0.29, 0.717) is 5.02 Å². The van der Waals surface area contributed by atoms with Crippen LogP contribution in [0.4, 0.5) is 0 Å². The van der Waals surface area contributed by atoms with Gasteiger partial charge in [-0.3, -0.25) is 4.79 Å². The summed E-state index contributed by atoms with van der Waals surface area (Å²) in [6.07, 6.45) is 2.64. The maximum Gasteiger partial charge on any atom is 0.360 e. The molecule has 2 aromatic heterocycles. The van der Waals surface area contributed by atoms with E-state index >= 15 is 0 Å². The number of H-pyrrole nitrogens is 1. The zero-order valence-electron chi connectivity index (χ0n) is 12.3. The molecule has 0 aliphatic heterocycles. The number of carbonyl (C=O) groups excluding carboxylic acids is 1. The van der Waals surface area contributed by atoms with Crippen molar-refractivity contribution in [3.63, 3.8) is 0 Å². The Morgan fingerprint density at radius 2 is 1.96 bits per heavy atom. The average Bonchev–Trinajstić information content (AvgIpc) is 3.07. The molecule has 0 saturated heterocycles. The first-order chi connectivity index (χ1) is 11.6. The molecule has 0 aliphatic rings. The van der Waals surface area contributed by atoms with Crippen molar-refractivity contribution < 1.29 is 19.1 Å². The highest BCUT2D eigenvalue weighted by Crippen LogP contribution is 2.22. The van der Waals surface area contributed by atoms with Crippen LogP contribution in [-0.4, -0.2) is 16.1 Å². The van der Waals surface area contributed by atoms with E-state index in [9.17, 15) is 9.59 Å². The maximum absolute atomic E-state index is 12.1. The van der Waals surface area contributed by atoms with Crippen LogP contribution in [0.3, 0.4) is 0 Å². The minimum atomic E-state index is -0.723. The van der Waals surface area contributed by atoms with Gasteiger partial charge in [0.15, 0.2) is 0 Å². The van der Waals surface area contributed by atoms with Gasteiger partial charge in [-0.1, -0.05) is 23.7 Å². The topological polar surface area (TPSA) is 92.5 Å². The van der Waals surface area contributed by atoms with Crippen LogP contribution in [0, 0.1) is 0 Å². The molecule has 0 radical (unpaired) electrons. The molecule has 3 aromatic rings. The highest BCUT2D eigenvalue weighted by Gasteiger charge is 2.15. The number of aromatic nitrogens is 1. The Morgan fingerprint density at radius 1 is 1.21 bits per heavy atom. The molecular weight excluding hydrogens is 334 g/mol. The average molecular weight is 346 g/mol. The van der Waals surface area contributed by atoms with Gasteiger partial charge < -0.3 is 19.2 Å². The first-order valence-electron chi connectivity index (χ1n) is 6.96. The standard InChI is InChI=1S/C17H12ClNO5/c18-12-3-1-10(2-4-12)11-5-14(19-7-11)17(22)24-16-9-23-13(8-20)6-15(16)21/h1-7,9,19-20H,8H2. The van der Waals surface area contributed by atoms with Crippen LogP contribution < -0.4 is 10.2 Å². The van der Waals surface area contributed by atoms with Crippen LogP contribution in [0.15, 0.2) is 58.1 Å². The Hall–Kier alpha value is -2.83. The van der Waals surface area contributed by atoms with Crippen molar-refractivity contribution in [2.45, 2.75) is 6.61 Å². The van der Waals surface area contributed by atoms with Crippen LogP contribution in [0.25, 0.3) is 11.1 Å². The molecule has 2 N–H and O–H groups in total. The number of rotatable bonds is 4. The third-order valence-corrected chi connectivity index (χ3v) is 3.54. The molecule has 0 fully saturated rings. The molecule has 0 atom stereocenters. The smallest absolute Gasteiger partial charge is 0.360 e. The number of aliphatic hydroxyl groups is 1. The van der Waals surface area contributed by atoms with Gasteiger partial charge in [0.25, 0.3) is 0 Å². The third-order valence-electron chi connectivity index (χ3n) is 3.29. The van der Waals surface area contributed by atoms with Gasteiger partial charge in [-0.15, -0.1) is 0 Å². The summed E-state index contributed by atoms with van der Waals surface area (Å²) >= 11 is 5.85. The second-order valence-corrected chi connectivity index (χ2v) is 5.37. The lowest BCUT2D eigenvalue weighted by Crippen LogP contribution is -2.15. The van der Waals surface area contributed by atoms with Crippen molar-refractivity contribution in [2.24, 2.45) is 0 Å². The van der Waals surface area contributed by atoms with E-state index in [4.69, 9.17) is 25.9 Å². The summed E-state index contributed by atoms with van der Waals surface area (Å²) in [6, 6.07) is 9.81. The molecule has 24 heavy (non-hydrogen) atoms. The minimum absolute atomic E-state index is 0.0877. The Morgan fingerprint density at radius 3 is 2.62 bits per heavy atom. The largest absolute Gasteiger partial charge is 0.463 e. The van der Waals surface area contributed by atoms with Gasteiger partial charge in [0.2, 0.25) is 11.2 Å². The molecule has 3 rings (SSSR count). The molecule has 1 aromatic carbocycles. The Kier molecular flexibility index (Phi) is 4.50. The lowest BCUT2D eigenvalue weighted by molar-refractivity contribution is 0.0723. The van der Waals surface area contributed by atoms with Crippen molar-refractivity contribution >= 4 is 17.6 Å². The molecule has 122 valence electrons. The number of hydrogen-bond acceptors (Lipinski definition) is 5. The van der Waals surface area contributed by atoms with Crippen molar-refractivity contribution in [3.8, 4) is 16.9 Å². The summed E-state index contributed by atoms with van der Waals surface area (Å²) < 4.78 is 9.98. The van der Waals surface area contributed by atoms with E-state index in [2.05, 4.69) is 4.98 Å². The number of halogens is 1. The molecule has 0 amide bonds. The predicted molar refractivity (Wildman–Crippen MR) is 87.1 cm³/mol. The number of aromatic amines is 1. The zero-order chi connectivity index (χ0) is 17.1. The molecule has 6 nitrogen and oxygen atoms in total.